The Morgan fingerprint density at radius 2 is 1.88 bits per heavy atom. The molecular weight excluding hydrogens is 254 g/mol. The summed E-state index contributed by atoms with van der Waals surface area (Å²) in [6, 6.07) is 9.41. The zero-order valence-electron chi connectivity index (χ0n) is 9.79. The number of carbonyl (C=O) groups excluding carboxylic acids is 1. The number of rotatable bonds is 3. The van der Waals surface area contributed by atoms with E-state index in [2.05, 4.69) is 11.9 Å². The lowest BCUT2D eigenvalue weighted by molar-refractivity contribution is -0.390. The van der Waals surface area contributed by atoms with Gasteiger partial charge < -0.3 is 12.4 Å². The monoisotopic (exact) mass is 267 g/mol. The first kappa shape index (κ1) is 13.9. The number of Topliss-reactive ketones (excluding diaryl/α,β-unsaturated/α-hetero) is 1. The fraction of sp³-hybridized carbons (Fsp3) is 0.231. The second kappa shape index (κ2) is 5.94. The zero-order chi connectivity index (χ0) is 11.5. The molecule has 0 amide bonds. The van der Waals surface area contributed by atoms with Gasteiger partial charge in [0.05, 0.1) is 4.88 Å². The van der Waals surface area contributed by atoms with E-state index >= 15 is 0 Å². The number of H-pyrrole nitrogens is 1. The molecule has 0 atom stereocenters. The van der Waals surface area contributed by atoms with E-state index in [1.807, 2.05) is 37.3 Å². The van der Waals surface area contributed by atoms with Crippen LogP contribution < -0.4 is 17.4 Å². The van der Waals surface area contributed by atoms with E-state index in [0.29, 0.717) is 6.42 Å². The smallest absolute Gasteiger partial charge is 0.243 e. The van der Waals surface area contributed by atoms with Gasteiger partial charge in [-0.25, -0.2) is 4.98 Å². The molecule has 1 aromatic heterocycles. The average molecular weight is 268 g/mol. The molecule has 90 valence electrons. The summed E-state index contributed by atoms with van der Waals surface area (Å²) in [7, 11) is 0. The van der Waals surface area contributed by atoms with Crippen molar-refractivity contribution in [1.29, 1.82) is 0 Å². The zero-order valence-corrected chi connectivity index (χ0v) is 11.4. The van der Waals surface area contributed by atoms with Gasteiger partial charge in [0.15, 0.2) is 11.5 Å². The van der Waals surface area contributed by atoms with Crippen LogP contribution in [0.4, 0.5) is 0 Å². The van der Waals surface area contributed by atoms with Gasteiger partial charge in [-0.05, 0) is 6.92 Å². The summed E-state index contributed by atoms with van der Waals surface area (Å²) in [6.45, 7) is 4.09. The van der Waals surface area contributed by atoms with E-state index in [0.717, 1.165) is 16.3 Å². The van der Waals surface area contributed by atoms with Gasteiger partial charge in [-0.15, -0.1) is 0 Å². The third-order valence-corrected chi connectivity index (χ3v) is 3.65. The first-order valence-corrected chi connectivity index (χ1v) is 6.05. The molecule has 4 heteroatoms. The number of hydrogen-bond donors (Lipinski definition) is 0. The predicted octanol–water partition coefficient (Wildman–Crippen LogP) is -0.392. The maximum Gasteiger partial charge on any atom is 0.243 e. The second-order valence-corrected chi connectivity index (χ2v) is 5.11. The number of aromatic nitrogens is 1. The molecule has 2 rings (SSSR count). The quantitative estimate of drug-likeness (QED) is 0.697. The maximum atomic E-state index is 11.9. The molecule has 0 aliphatic rings. The Bertz CT molecular complexity index is 488. The van der Waals surface area contributed by atoms with Gasteiger partial charge in [-0.2, -0.15) is 0 Å². The molecule has 0 radical (unpaired) electrons. The van der Waals surface area contributed by atoms with Crippen molar-refractivity contribution >= 4 is 17.1 Å². The summed E-state index contributed by atoms with van der Waals surface area (Å²) in [4.78, 5) is 16.4. The largest absolute Gasteiger partial charge is 1.00 e. The predicted molar refractivity (Wildman–Crippen MR) is 64.8 cm³/mol. The van der Waals surface area contributed by atoms with Crippen molar-refractivity contribution in [3.8, 4) is 0 Å². The molecule has 0 unspecified atom stereocenters. The van der Waals surface area contributed by atoms with Crippen molar-refractivity contribution in [2.45, 2.75) is 20.3 Å². The van der Waals surface area contributed by atoms with Crippen molar-refractivity contribution in [3.05, 3.63) is 51.5 Å². The van der Waals surface area contributed by atoms with Crippen molar-refractivity contribution < 1.29 is 22.2 Å². The minimum atomic E-state index is 0. The summed E-state index contributed by atoms with van der Waals surface area (Å²) in [6.07, 6.45) is 0.462. The van der Waals surface area contributed by atoms with Crippen LogP contribution in [0.3, 0.4) is 0 Å². The van der Waals surface area contributed by atoms with E-state index < -0.39 is 0 Å². The van der Waals surface area contributed by atoms with Gasteiger partial charge in [0, 0.05) is 12.5 Å². The number of aryl methyl sites for hydroxylation is 2. The molecule has 1 aromatic carbocycles. The number of ketones is 1. The van der Waals surface area contributed by atoms with Crippen LogP contribution in [0.1, 0.15) is 25.9 Å². The van der Waals surface area contributed by atoms with Crippen molar-refractivity contribution in [3.63, 3.8) is 0 Å². The topological polar surface area (TPSA) is 31.2 Å². The van der Waals surface area contributed by atoms with Crippen LogP contribution in [-0.4, -0.2) is 5.78 Å². The third kappa shape index (κ3) is 3.38. The van der Waals surface area contributed by atoms with Crippen molar-refractivity contribution in [2.24, 2.45) is 0 Å². The highest BCUT2D eigenvalue weighted by molar-refractivity contribution is 7.11. The number of carbonyl (C=O) groups is 1. The highest BCUT2D eigenvalue weighted by Crippen LogP contribution is 2.14. The first-order valence-electron chi connectivity index (χ1n) is 5.23. The van der Waals surface area contributed by atoms with E-state index in [1.165, 1.54) is 4.88 Å². The lowest BCUT2D eigenvalue weighted by atomic mass is 10.1. The Balaban J connectivity index is 0.00000144. The van der Waals surface area contributed by atoms with Gasteiger partial charge >= 0.3 is 0 Å². The van der Waals surface area contributed by atoms with Gasteiger partial charge in [0.2, 0.25) is 5.01 Å². The minimum Gasteiger partial charge on any atom is -1.00 e. The fourth-order valence-electron chi connectivity index (χ4n) is 1.54. The number of aromatic amines is 1. The molecule has 0 spiro atoms. The van der Waals surface area contributed by atoms with Gasteiger partial charge in [0.25, 0.3) is 0 Å². The molecule has 0 aliphatic heterocycles. The normalized spacial score (nSPS) is 9.76. The molecule has 1 N–H and O–H groups in total. The maximum absolute atomic E-state index is 11.9. The molecule has 2 aromatic rings. The Hall–Kier alpha value is -1.19. The van der Waals surface area contributed by atoms with Crippen LogP contribution in [0.25, 0.3) is 0 Å². The first-order chi connectivity index (χ1) is 7.66. The number of nitrogens with one attached hydrogen (secondary N) is 1. The summed E-state index contributed by atoms with van der Waals surface area (Å²) < 4.78 is 0. The average Bonchev–Trinajstić information content (AvgIpc) is 2.59. The molecule has 2 nitrogen and oxygen atoms in total. The SMILES string of the molecule is Cc1[nH+]c(CC(=O)c2ccccc2)sc1C.[Cl-]. The van der Waals surface area contributed by atoms with Gasteiger partial charge in [-0.1, -0.05) is 41.7 Å². The standard InChI is InChI=1S/C13H13NOS.ClH/c1-9-10(2)16-13(14-9)8-12(15)11-6-4-3-5-7-11;/h3-7H,8H2,1-2H3;1H. The lowest BCUT2D eigenvalue weighted by Crippen LogP contribution is -3.00. The molecule has 17 heavy (non-hydrogen) atoms. The Morgan fingerprint density at radius 1 is 1.24 bits per heavy atom. The molecule has 0 aliphatic carbocycles. The van der Waals surface area contributed by atoms with E-state index in [4.69, 9.17) is 0 Å². The highest BCUT2D eigenvalue weighted by atomic mass is 35.5. The van der Waals surface area contributed by atoms with E-state index in [-0.39, 0.29) is 18.2 Å². The Kier molecular flexibility index (Phi) is 4.85. The molecule has 0 saturated carbocycles. The van der Waals surface area contributed by atoms with Crippen LogP contribution in [0.15, 0.2) is 30.3 Å². The summed E-state index contributed by atoms with van der Waals surface area (Å²) in [5, 5.41) is 1.03. The van der Waals surface area contributed by atoms with Gasteiger partial charge in [-0.3, -0.25) is 4.79 Å². The number of benzene rings is 1. The fourth-order valence-corrected chi connectivity index (χ4v) is 2.52. The number of hydrogen-bond acceptors (Lipinski definition) is 2. The summed E-state index contributed by atoms with van der Waals surface area (Å²) >= 11 is 1.66. The van der Waals surface area contributed by atoms with Crippen LogP contribution in [0.5, 0.6) is 0 Å². The minimum absolute atomic E-state index is 0. The summed E-state index contributed by atoms with van der Waals surface area (Å²) in [5.74, 6) is 0.165. The molecule has 0 fully saturated rings. The Labute approximate surface area is 111 Å². The highest BCUT2D eigenvalue weighted by Gasteiger charge is 2.15. The molecule has 0 saturated heterocycles. The van der Waals surface area contributed by atoms with Crippen LogP contribution in [0, 0.1) is 13.8 Å². The van der Waals surface area contributed by atoms with Crippen molar-refractivity contribution in [2.75, 3.05) is 0 Å². The van der Waals surface area contributed by atoms with Crippen LogP contribution >= 0.6 is 11.3 Å². The lowest BCUT2D eigenvalue weighted by Gasteiger charge is -1.94. The molecular formula is C13H14ClNOS. The van der Waals surface area contributed by atoms with Crippen LogP contribution in [0.2, 0.25) is 0 Å². The van der Waals surface area contributed by atoms with Crippen molar-refractivity contribution in [1.82, 2.24) is 0 Å². The third-order valence-electron chi connectivity index (χ3n) is 2.55. The van der Waals surface area contributed by atoms with Gasteiger partial charge in [0.1, 0.15) is 6.42 Å². The Morgan fingerprint density at radius 3 is 2.41 bits per heavy atom. The van der Waals surface area contributed by atoms with E-state index in [9.17, 15) is 4.79 Å². The molecule has 1 heterocycles. The van der Waals surface area contributed by atoms with Crippen LogP contribution in [-0.2, 0) is 6.42 Å². The summed E-state index contributed by atoms with van der Waals surface area (Å²) in [5.41, 5.74) is 1.93. The second-order valence-electron chi connectivity index (χ2n) is 3.80. The number of halogens is 1. The number of thiazole rings is 1. The van der Waals surface area contributed by atoms with E-state index in [1.54, 1.807) is 11.3 Å². The molecule has 0 bridgehead atoms.